The zero-order valence-electron chi connectivity index (χ0n) is 17.2. The summed E-state index contributed by atoms with van der Waals surface area (Å²) in [6.07, 6.45) is -2.84. The Labute approximate surface area is 177 Å². The Hall–Kier alpha value is -3.75. The Morgan fingerprint density at radius 1 is 1.00 bits per heavy atom. The van der Waals surface area contributed by atoms with Crippen LogP contribution in [0.4, 0.5) is 36.3 Å². The smallest absolute Gasteiger partial charge is 0.378 e. The predicted octanol–water partition coefficient (Wildman–Crippen LogP) is 5.29. The van der Waals surface area contributed by atoms with Gasteiger partial charge in [-0.3, -0.25) is 4.57 Å². The van der Waals surface area contributed by atoms with Gasteiger partial charge in [0.05, 0.1) is 17.3 Å². The molecular weight excluding hydrogens is 405 g/mol. The molecular formula is C22H21F3N6. The summed E-state index contributed by atoms with van der Waals surface area (Å²) in [7, 11) is 5.58. The summed E-state index contributed by atoms with van der Waals surface area (Å²) in [5.74, 6) is 0.974. The molecule has 9 heteroatoms. The second-order valence-corrected chi connectivity index (χ2v) is 7.20. The molecule has 0 aliphatic heterocycles. The number of aromatic nitrogens is 3. The van der Waals surface area contributed by atoms with Crippen molar-refractivity contribution in [1.29, 1.82) is 0 Å². The van der Waals surface area contributed by atoms with Crippen LogP contribution in [0.5, 0.6) is 0 Å². The molecule has 2 N–H and O–H groups in total. The van der Waals surface area contributed by atoms with Crippen LogP contribution in [0.3, 0.4) is 0 Å². The number of nitrogens with one attached hydrogen (secondary N) is 2. The van der Waals surface area contributed by atoms with E-state index in [9.17, 15) is 13.2 Å². The van der Waals surface area contributed by atoms with Crippen LogP contribution in [0.25, 0.3) is 16.7 Å². The molecule has 2 aromatic carbocycles. The summed E-state index contributed by atoms with van der Waals surface area (Å²) in [5.41, 5.74) is 2.70. The number of fused-ring (bicyclic) bond motifs is 1. The topological polar surface area (TPSA) is 58.0 Å². The van der Waals surface area contributed by atoms with Crippen molar-refractivity contribution < 1.29 is 13.2 Å². The highest BCUT2D eigenvalue weighted by Crippen LogP contribution is 2.33. The van der Waals surface area contributed by atoms with Crippen LogP contribution in [0.2, 0.25) is 0 Å². The van der Waals surface area contributed by atoms with Gasteiger partial charge < -0.3 is 15.5 Å². The molecule has 0 saturated carbocycles. The van der Waals surface area contributed by atoms with Gasteiger partial charge in [-0.25, -0.2) is 9.97 Å². The molecule has 0 radical (unpaired) electrons. The van der Waals surface area contributed by atoms with E-state index in [2.05, 4.69) is 20.6 Å². The van der Waals surface area contributed by atoms with Crippen LogP contribution >= 0.6 is 0 Å². The van der Waals surface area contributed by atoms with E-state index in [1.807, 2.05) is 43.3 Å². The van der Waals surface area contributed by atoms with Gasteiger partial charge in [0.25, 0.3) is 0 Å². The van der Waals surface area contributed by atoms with Crippen LogP contribution in [-0.2, 0) is 6.18 Å². The van der Waals surface area contributed by atoms with Crippen molar-refractivity contribution in [3.05, 3.63) is 66.4 Å². The standard InChI is InChI=1S/C22H21F3N6/c1-26-21-29-18-13-27-20(28-15-7-5-8-16(11-15)30(2)3)12-19(18)31(21)17-9-4-6-14(10-17)22(23,24)25/h4-13H,1-3H3,(H,26,29)(H,27,28). The molecule has 0 aliphatic carbocycles. The van der Waals surface area contributed by atoms with Gasteiger partial charge in [-0.15, -0.1) is 0 Å². The second kappa shape index (κ2) is 7.82. The van der Waals surface area contributed by atoms with Crippen LogP contribution in [-0.4, -0.2) is 35.7 Å². The minimum Gasteiger partial charge on any atom is -0.378 e. The monoisotopic (exact) mass is 426 g/mol. The average molecular weight is 426 g/mol. The van der Waals surface area contributed by atoms with E-state index in [1.54, 1.807) is 29.9 Å². The van der Waals surface area contributed by atoms with Crippen molar-refractivity contribution in [2.45, 2.75) is 6.18 Å². The van der Waals surface area contributed by atoms with Crippen LogP contribution in [0.15, 0.2) is 60.8 Å². The fourth-order valence-electron chi connectivity index (χ4n) is 3.31. The van der Waals surface area contributed by atoms with E-state index < -0.39 is 11.7 Å². The first-order valence-electron chi connectivity index (χ1n) is 9.54. The molecule has 0 fully saturated rings. The van der Waals surface area contributed by atoms with Crippen molar-refractivity contribution >= 4 is 34.2 Å². The van der Waals surface area contributed by atoms with Crippen molar-refractivity contribution in [2.75, 3.05) is 36.7 Å². The number of nitrogens with zero attached hydrogens (tertiary/aromatic N) is 4. The molecule has 2 heterocycles. The van der Waals surface area contributed by atoms with Crippen LogP contribution < -0.4 is 15.5 Å². The highest BCUT2D eigenvalue weighted by atomic mass is 19.4. The molecule has 0 spiro atoms. The van der Waals surface area contributed by atoms with Gasteiger partial charge >= 0.3 is 6.18 Å². The highest BCUT2D eigenvalue weighted by Gasteiger charge is 2.30. The van der Waals surface area contributed by atoms with Gasteiger partial charge in [0.15, 0.2) is 0 Å². The van der Waals surface area contributed by atoms with Crippen LogP contribution in [0.1, 0.15) is 5.56 Å². The Bertz CT molecular complexity index is 1230. The Morgan fingerprint density at radius 2 is 1.77 bits per heavy atom. The molecule has 6 nitrogen and oxygen atoms in total. The van der Waals surface area contributed by atoms with Gasteiger partial charge in [0.1, 0.15) is 11.3 Å². The molecule has 4 aromatic rings. The normalized spacial score (nSPS) is 11.5. The summed E-state index contributed by atoms with van der Waals surface area (Å²) in [6.45, 7) is 0. The third kappa shape index (κ3) is 4.11. The summed E-state index contributed by atoms with van der Waals surface area (Å²) < 4.78 is 41.4. The molecule has 0 aliphatic rings. The quantitative estimate of drug-likeness (QED) is 0.454. The number of anilines is 4. The Balaban J connectivity index is 1.79. The highest BCUT2D eigenvalue weighted by molar-refractivity contribution is 5.83. The molecule has 0 bridgehead atoms. The Kier molecular flexibility index (Phi) is 5.18. The summed E-state index contributed by atoms with van der Waals surface area (Å²) in [5, 5.41) is 6.20. The SMILES string of the molecule is CNc1nc2cnc(Nc3cccc(N(C)C)c3)cc2n1-c1cccc(C(F)(F)F)c1. The summed E-state index contributed by atoms with van der Waals surface area (Å²) in [6, 6.07) is 14.8. The lowest BCUT2D eigenvalue weighted by atomic mass is 10.2. The number of rotatable bonds is 5. The lowest BCUT2D eigenvalue weighted by molar-refractivity contribution is -0.137. The van der Waals surface area contributed by atoms with Crippen molar-refractivity contribution in [3.63, 3.8) is 0 Å². The number of hydrogen-bond acceptors (Lipinski definition) is 5. The van der Waals surface area contributed by atoms with Gasteiger partial charge in [0.2, 0.25) is 5.95 Å². The van der Waals surface area contributed by atoms with Gasteiger partial charge in [0, 0.05) is 44.3 Å². The van der Waals surface area contributed by atoms with E-state index in [0.29, 0.717) is 28.5 Å². The number of benzene rings is 2. The lowest BCUT2D eigenvalue weighted by Gasteiger charge is -2.14. The third-order valence-electron chi connectivity index (χ3n) is 4.83. The third-order valence-corrected chi connectivity index (χ3v) is 4.83. The first kappa shape index (κ1) is 20.5. The first-order chi connectivity index (χ1) is 14.8. The van der Waals surface area contributed by atoms with Gasteiger partial charge in [-0.05, 0) is 36.4 Å². The average Bonchev–Trinajstić information content (AvgIpc) is 3.11. The van der Waals surface area contributed by atoms with Crippen molar-refractivity contribution in [1.82, 2.24) is 14.5 Å². The molecule has 160 valence electrons. The van der Waals surface area contributed by atoms with E-state index in [1.165, 1.54) is 6.07 Å². The first-order valence-corrected chi connectivity index (χ1v) is 9.54. The zero-order valence-corrected chi connectivity index (χ0v) is 17.2. The number of alkyl halides is 3. The van der Waals surface area contributed by atoms with Crippen molar-refractivity contribution in [3.8, 4) is 5.69 Å². The summed E-state index contributed by atoms with van der Waals surface area (Å²) in [4.78, 5) is 10.9. The largest absolute Gasteiger partial charge is 0.416 e. The molecule has 0 saturated heterocycles. The molecule has 2 aromatic heterocycles. The maximum Gasteiger partial charge on any atom is 0.416 e. The Morgan fingerprint density at radius 3 is 2.48 bits per heavy atom. The lowest BCUT2D eigenvalue weighted by Crippen LogP contribution is -2.08. The zero-order chi connectivity index (χ0) is 22.2. The van der Waals surface area contributed by atoms with Gasteiger partial charge in [-0.1, -0.05) is 12.1 Å². The molecule has 0 unspecified atom stereocenters. The molecule has 0 atom stereocenters. The van der Waals surface area contributed by atoms with Crippen molar-refractivity contribution in [2.24, 2.45) is 0 Å². The molecule has 0 amide bonds. The molecule has 4 rings (SSSR count). The predicted molar refractivity (Wildman–Crippen MR) is 117 cm³/mol. The number of pyridine rings is 1. The fraction of sp³-hybridized carbons (Fsp3) is 0.182. The van der Waals surface area contributed by atoms with Gasteiger partial charge in [-0.2, -0.15) is 13.2 Å². The van der Waals surface area contributed by atoms with Crippen LogP contribution in [0, 0.1) is 0 Å². The fourth-order valence-corrected chi connectivity index (χ4v) is 3.31. The van der Waals surface area contributed by atoms with E-state index in [0.717, 1.165) is 23.5 Å². The minimum atomic E-state index is -4.43. The summed E-state index contributed by atoms with van der Waals surface area (Å²) >= 11 is 0. The second-order valence-electron chi connectivity index (χ2n) is 7.20. The maximum absolute atomic E-state index is 13.2. The minimum absolute atomic E-state index is 0.355. The number of hydrogen-bond donors (Lipinski definition) is 2. The maximum atomic E-state index is 13.2. The van der Waals surface area contributed by atoms with E-state index in [-0.39, 0.29) is 0 Å². The number of halogens is 3. The van der Waals surface area contributed by atoms with E-state index >= 15 is 0 Å². The van der Waals surface area contributed by atoms with E-state index in [4.69, 9.17) is 0 Å². The molecule has 31 heavy (non-hydrogen) atoms. The number of imidazole rings is 1.